The molecule has 31 heavy (non-hydrogen) atoms. The number of benzene rings is 2. The van der Waals surface area contributed by atoms with Crippen molar-refractivity contribution in [2.45, 2.75) is 38.1 Å². The summed E-state index contributed by atoms with van der Waals surface area (Å²) in [7, 11) is 0. The first-order valence-corrected chi connectivity index (χ1v) is 9.35. The summed E-state index contributed by atoms with van der Waals surface area (Å²) in [5.74, 6) is -4.18. The molecule has 0 saturated carbocycles. The Labute approximate surface area is 174 Å². The molecule has 0 fully saturated rings. The topological polar surface area (TPSA) is 62.5 Å². The van der Waals surface area contributed by atoms with Gasteiger partial charge in [0.25, 0.3) is 0 Å². The number of aromatic nitrogens is 1. The predicted molar refractivity (Wildman–Crippen MR) is 105 cm³/mol. The van der Waals surface area contributed by atoms with Gasteiger partial charge >= 0.3 is 6.18 Å². The highest BCUT2D eigenvalue weighted by atomic mass is 19.4. The maximum Gasteiger partial charge on any atom is 0.396 e. The molecule has 0 bridgehead atoms. The Bertz CT molecular complexity index is 1170. The standard InChI is InChI=1S/C22H20F5NO3/c1-21(2,15-10-13(24)4-6-19(15)30)11-16(22(25,26)27)20(31)28-8-7-18(29)14-9-12(23)3-5-17(14)28/h3-10,16,20,30-31H,11H2,1-2H3. The number of hydrogen-bond acceptors (Lipinski definition) is 3. The number of aromatic hydroxyl groups is 1. The van der Waals surface area contributed by atoms with E-state index in [-0.39, 0.29) is 22.2 Å². The number of halogens is 5. The molecule has 0 aliphatic carbocycles. The minimum absolute atomic E-state index is 0.0409. The third-order valence-electron chi connectivity index (χ3n) is 5.37. The Morgan fingerprint density at radius 1 is 1.00 bits per heavy atom. The molecule has 2 N–H and O–H groups in total. The van der Waals surface area contributed by atoms with Crippen LogP contribution in [0.4, 0.5) is 22.0 Å². The number of alkyl halides is 3. The van der Waals surface area contributed by atoms with Gasteiger partial charge in [0.1, 0.15) is 29.5 Å². The van der Waals surface area contributed by atoms with Crippen LogP contribution < -0.4 is 5.43 Å². The molecule has 0 saturated heterocycles. The van der Waals surface area contributed by atoms with Crippen molar-refractivity contribution in [1.29, 1.82) is 0 Å². The second-order valence-electron chi connectivity index (χ2n) is 8.06. The quantitative estimate of drug-likeness (QED) is 0.547. The number of hydrogen-bond donors (Lipinski definition) is 2. The minimum Gasteiger partial charge on any atom is -0.508 e. The first kappa shape index (κ1) is 22.7. The Kier molecular flexibility index (Phi) is 5.84. The molecule has 1 aromatic heterocycles. The van der Waals surface area contributed by atoms with Gasteiger partial charge in [-0.1, -0.05) is 13.8 Å². The van der Waals surface area contributed by atoms with Gasteiger partial charge in [0.2, 0.25) is 0 Å². The molecule has 9 heteroatoms. The van der Waals surface area contributed by atoms with E-state index in [1.165, 1.54) is 13.8 Å². The number of rotatable bonds is 5. The van der Waals surface area contributed by atoms with Crippen LogP contribution in [0.3, 0.4) is 0 Å². The van der Waals surface area contributed by atoms with Crippen LogP contribution >= 0.6 is 0 Å². The van der Waals surface area contributed by atoms with Crippen LogP contribution in [0.5, 0.6) is 5.75 Å². The van der Waals surface area contributed by atoms with Gasteiger partial charge in [-0.15, -0.1) is 0 Å². The van der Waals surface area contributed by atoms with Gasteiger partial charge in [-0.3, -0.25) is 4.79 Å². The Morgan fingerprint density at radius 2 is 1.61 bits per heavy atom. The average Bonchev–Trinajstić information content (AvgIpc) is 2.67. The fourth-order valence-corrected chi connectivity index (χ4v) is 3.77. The minimum atomic E-state index is -4.88. The van der Waals surface area contributed by atoms with Crippen molar-refractivity contribution in [3.8, 4) is 5.75 Å². The molecule has 3 rings (SSSR count). The number of pyridine rings is 1. The van der Waals surface area contributed by atoms with Crippen molar-refractivity contribution < 1.29 is 32.2 Å². The second-order valence-corrected chi connectivity index (χ2v) is 8.06. The fraction of sp³-hybridized carbons (Fsp3) is 0.318. The number of nitrogens with zero attached hydrogens (tertiary/aromatic N) is 1. The van der Waals surface area contributed by atoms with E-state index in [1.54, 1.807) is 0 Å². The van der Waals surface area contributed by atoms with Gasteiger partial charge in [0.15, 0.2) is 5.43 Å². The highest BCUT2D eigenvalue weighted by molar-refractivity contribution is 5.78. The van der Waals surface area contributed by atoms with E-state index in [1.807, 2.05) is 0 Å². The zero-order valence-electron chi connectivity index (χ0n) is 16.6. The van der Waals surface area contributed by atoms with Gasteiger partial charge < -0.3 is 14.8 Å². The number of fused-ring (bicyclic) bond motifs is 1. The van der Waals surface area contributed by atoms with Crippen LogP contribution in [0, 0.1) is 17.6 Å². The van der Waals surface area contributed by atoms with Crippen LogP contribution in [0.15, 0.2) is 53.5 Å². The monoisotopic (exact) mass is 441 g/mol. The van der Waals surface area contributed by atoms with E-state index in [9.17, 15) is 37.0 Å². The largest absolute Gasteiger partial charge is 0.508 e. The summed E-state index contributed by atoms with van der Waals surface area (Å²) in [6.45, 7) is 2.79. The lowest BCUT2D eigenvalue weighted by Crippen LogP contribution is -2.37. The van der Waals surface area contributed by atoms with Crippen molar-refractivity contribution in [3.05, 3.63) is 76.1 Å². The smallest absolute Gasteiger partial charge is 0.396 e. The third kappa shape index (κ3) is 4.56. The van der Waals surface area contributed by atoms with E-state index in [4.69, 9.17) is 0 Å². The number of aliphatic hydroxyl groups excluding tert-OH is 1. The Balaban J connectivity index is 2.08. The normalized spacial score (nSPS) is 14.6. The summed E-state index contributed by atoms with van der Waals surface area (Å²) in [5, 5.41) is 20.6. The summed E-state index contributed by atoms with van der Waals surface area (Å²) in [6.07, 6.45) is -6.74. The molecule has 166 valence electrons. The molecule has 3 aromatic rings. The SMILES string of the molecule is CC(C)(CC(C(O)n1ccc(=O)c2cc(F)ccc21)C(F)(F)F)c1cc(F)ccc1O. The molecule has 0 radical (unpaired) electrons. The van der Waals surface area contributed by atoms with Gasteiger partial charge in [-0.05, 0) is 48.2 Å². The lowest BCUT2D eigenvalue weighted by Gasteiger charge is -2.35. The third-order valence-corrected chi connectivity index (χ3v) is 5.37. The molecule has 0 aliphatic rings. The number of phenolic OH excluding ortho intramolecular Hbond substituents is 1. The maximum atomic E-state index is 14.0. The van der Waals surface area contributed by atoms with E-state index < -0.39 is 47.2 Å². The lowest BCUT2D eigenvalue weighted by atomic mass is 9.75. The van der Waals surface area contributed by atoms with Gasteiger partial charge in [0, 0.05) is 23.2 Å². The highest BCUT2D eigenvalue weighted by Crippen LogP contribution is 2.45. The summed E-state index contributed by atoms with van der Waals surface area (Å²) in [5.41, 5.74) is -2.09. The van der Waals surface area contributed by atoms with Crippen molar-refractivity contribution in [1.82, 2.24) is 4.57 Å². The van der Waals surface area contributed by atoms with Gasteiger partial charge in [-0.2, -0.15) is 13.2 Å². The highest BCUT2D eigenvalue weighted by Gasteiger charge is 2.48. The van der Waals surface area contributed by atoms with Crippen LogP contribution in [-0.4, -0.2) is 21.0 Å². The zero-order chi connectivity index (χ0) is 23.1. The molecular weight excluding hydrogens is 421 g/mol. The van der Waals surface area contributed by atoms with Crippen molar-refractivity contribution in [2.75, 3.05) is 0 Å². The molecule has 0 amide bonds. The molecule has 2 unspecified atom stereocenters. The molecule has 0 spiro atoms. The van der Waals surface area contributed by atoms with E-state index in [0.717, 1.165) is 53.2 Å². The average molecular weight is 441 g/mol. The summed E-state index contributed by atoms with van der Waals surface area (Å²) in [6, 6.07) is 6.91. The fourth-order valence-electron chi connectivity index (χ4n) is 3.77. The molecular formula is C22H20F5NO3. The summed E-state index contributed by atoms with van der Waals surface area (Å²) < 4.78 is 70.0. The first-order valence-electron chi connectivity index (χ1n) is 9.35. The van der Waals surface area contributed by atoms with Crippen LogP contribution in [-0.2, 0) is 5.41 Å². The molecule has 0 aliphatic heterocycles. The molecule has 1 heterocycles. The Hall–Kier alpha value is -2.94. The number of aliphatic hydroxyl groups is 1. The summed E-state index contributed by atoms with van der Waals surface area (Å²) >= 11 is 0. The van der Waals surface area contributed by atoms with Crippen LogP contribution in [0.1, 0.15) is 32.1 Å². The summed E-state index contributed by atoms with van der Waals surface area (Å²) in [4.78, 5) is 12.0. The van der Waals surface area contributed by atoms with Crippen molar-refractivity contribution in [3.63, 3.8) is 0 Å². The van der Waals surface area contributed by atoms with Gasteiger partial charge in [0.05, 0.1) is 5.52 Å². The first-order chi connectivity index (χ1) is 14.3. The van der Waals surface area contributed by atoms with E-state index >= 15 is 0 Å². The Morgan fingerprint density at radius 3 is 2.26 bits per heavy atom. The number of phenols is 1. The van der Waals surface area contributed by atoms with Crippen molar-refractivity contribution in [2.24, 2.45) is 5.92 Å². The molecule has 2 atom stereocenters. The van der Waals surface area contributed by atoms with E-state index in [0.29, 0.717) is 0 Å². The lowest BCUT2D eigenvalue weighted by molar-refractivity contribution is -0.217. The predicted octanol–water partition coefficient (Wildman–Crippen LogP) is 5.02. The van der Waals surface area contributed by atoms with Crippen LogP contribution in [0.2, 0.25) is 0 Å². The van der Waals surface area contributed by atoms with E-state index in [2.05, 4.69) is 0 Å². The second kappa shape index (κ2) is 7.96. The van der Waals surface area contributed by atoms with Gasteiger partial charge in [-0.25, -0.2) is 8.78 Å². The zero-order valence-corrected chi connectivity index (χ0v) is 16.6. The van der Waals surface area contributed by atoms with Crippen LogP contribution in [0.25, 0.3) is 10.9 Å². The molecule has 2 aromatic carbocycles. The maximum absolute atomic E-state index is 14.0. The van der Waals surface area contributed by atoms with Crippen molar-refractivity contribution >= 4 is 10.9 Å². The molecule has 4 nitrogen and oxygen atoms in total.